The summed E-state index contributed by atoms with van der Waals surface area (Å²) in [6, 6.07) is 1.96. The number of piperidine rings is 1. The summed E-state index contributed by atoms with van der Waals surface area (Å²) in [7, 11) is 0. The van der Waals surface area contributed by atoms with E-state index in [0.29, 0.717) is 43.7 Å². The Morgan fingerprint density at radius 3 is 2.40 bits per heavy atom. The monoisotopic (exact) mass is 348 g/mol. The third kappa shape index (κ3) is 3.78. The number of fused-ring (bicyclic) bond motifs is 1. The molecule has 0 radical (unpaired) electrons. The number of hydrogen-bond acceptors (Lipinski definition) is 5. The van der Waals surface area contributed by atoms with Gasteiger partial charge in [-0.2, -0.15) is 0 Å². The van der Waals surface area contributed by atoms with Gasteiger partial charge in [-0.3, -0.25) is 0 Å². The topological polar surface area (TPSA) is 74.0 Å². The minimum atomic E-state index is -0.467. The molecule has 0 atom stereocenters. The average molecular weight is 348 g/mol. The van der Waals surface area contributed by atoms with E-state index in [4.69, 9.17) is 19.9 Å². The van der Waals surface area contributed by atoms with E-state index in [9.17, 15) is 4.79 Å². The van der Waals surface area contributed by atoms with Crippen molar-refractivity contribution in [2.45, 2.75) is 52.1 Å². The summed E-state index contributed by atoms with van der Waals surface area (Å²) in [6.07, 6.45) is 1.51. The second kappa shape index (κ2) is 6.65. The first kappa shape index (κ1) is 17.7. The second-order valence-electron chi connectivity index (χ2n) is 7.79. The highest BCUT2D eigenvalue weighted by Crippen LogP contribution is 2.46. The largest absolute Gasteiger partial charge is 0.486 e. The molecular formula is C19H28N2O4. The molecule has 0 aromatic heterocycles. The summed E-state index contributed by atoms with van der Waals surface area (Å²) >= 11 is 0. The summed E-state index contributed by atoms with van der Waals surface area (Å²) in [4.78, 5) is 14.0. The molecule has 1 aromatic rings. The van der Waals surface area contributed by atoms with Gasteiger partial charge in [0.05, 0.1) is 5.69 Å². The quantitative estimate of drug-likeness (QED) is 0.787. The maximum Gasteiger partial charge on any atom is 0.410 e. The van der Waals surface area contributed by atoms with Gasteiger partial charge in [-0.05, 0) is 58.1 Å². The van der Waals surface area contributed by atoms with Gasteiger partial charge in [0, 0.05) is 18.7 Å². The number of benzene rings is 1. The van der Waals surface area contributed by atoms with Crippen LogP contribution in [0.2, 0.25) is 0 Å². The number of hydrogen-bond donors (Lipinski definition) is 1. The average Bonchev–Trinajstić information content (AvgIpc) is 2.54. The van der Waals surface area contributed by atoms with Gasteiger partial charge < -0.3 is 24.8 Å². The van der Waals surface area contributed by atoms with Crippen LogP contribution in [0.3, 0.4) is 0 Å². The van der Waals surface area contributed by atoms with E-state index in [1.807, 2.05) is 26.8 Å². The van der Waals surface area contributed by atoms with Gasteiger partial charge in [-0.15, -0.1) is 0 Å². The standard InChI is InChI=1S/C19H28N2O4/c1-12-11-14(20)16-17(24-10-9-23-16)15(12)13-5-7-21(8-6-13)18(22)25-19(2,3)4/h11,13H,5-10,20H2,1-4H3. The number of aryl methyl sites for hydroxylation is 1. The van der Waals surface area contributed by atoms with Crippen LogP contribution in [0, 0.1) is 6.92 Å². The SMILES string of the molecule is Cc1cc(N)c2c(c1C1CCN(C(=O)OC(C)(C)C)CC1)OCCO2. The van der Waals surface area contributed by atoms with E-state index in [1.54, 1.807) is 4.90 Å². The lowest BCUT2D eigenvalue weighted by Gasteiger charge is -2.35. The highest BCUT2D eigenvalue weighted by atomic mass is 16.6. The molecule has 2 heterocycles. The fraction of sp³-hybridized carbons (Fsp3) is 0.632. The number of carbonyl (C=O) groups excluding carboxylic acids is 1. The molecular weight excluding hydrogens is 320 g/mol. The molecule has 138 valence electrons. The molecule has 6 nitrogen and oxygen atoms in total. The molecule has 1 fully saturated rings. The zero-order valence-corrected chi connectivity index (χ0v) is 15.6. The van der Waals surface area contributed by atoms with Crippen molar-refractivity contribution in [1.82, 2.24) is 4.90 Å². The number of amides is 1. The maximum atomic E-state index is 12.2. The number of nitrogens with two attached hydrogens (primary N) is 1. The number of ether oxygens (including phenoxy) is 3. The van der Waals surface area contributed by atoms with Crippen LogP contribution in [0.15, 0.2) is 6.07 Å². The van der Waals surface area contributed by atoms with Crippen LogP contribution in [0.5, 0.6) is 11.5 Å². The minimum absolute atomic E-state index is 0.235. The third-order valence-corrected chi connectivity index (χ3v) is 4.64. The number of nitrogens with zero attached hydrogens (tertiary/aromatic N) is 1. The molecule has 3 rings (SSSR count). The van der Waals surface area contributed by atoms with Crippen LogP contribution < -0.4 is 15.2 Å². The van der Waals surface area contributed by atoms with Gasteiger partial charge in [0.1, 0.15) is 18.8 Å². The van der Waals surface area contributed by atoms with E-state index in [0.717, 1.165) is 24.2 Å². The van der Waals surface area contributed by atoms with Crippen molar-refractivity contribution in [3.05, 3.63) is 17.2 Å². The maximum absolute atomic E-state index is 12.2. The first-order chi connectivity index (χ1) is 11.8. The van der Waals surface area contributed by atoms with Crippen molar-refractivity contribution >= 4 is 11.8 Å². The van der Waals surface area contributed by atoms with E-state index in [-0.39, 0.29) is 6.09 Å². The number of rotatable bonds is 1. The smallest absolute Gasteiger partial charge is 0.410 e. The Bertz CT molecular complexity index is 658. The molecule has 6 heteroatoms. The van der Waals surface area contributed by atoms with Gasteiger partial charge in [0.2, 0.25) is 0 Å². The molecule has 0 aliphatic carbocycles. The highest BCUT2D eigenvalue weighted by molar-refractivity contribution is 5.69. The van der Waals surface area contributed by atoms with Crippen LogP contribution >= 0.6 is 0 Å². The lowest BCUT2D eigenvalue weighted by molar-refractivity contribution is 0.0204. The normalized spacial score (nSPS) is 18.2. The Morgan fingerprint density at radius 2 is 1.80 bits per heavy atom. The molecule has 1 amide bonds. The Labute approximate surface area is 149 Å². The van der Waals surface area contributed by atoms with E-state index in [1.165, 1.54) is 5.56 Å². The van der Waals surface area contributed by atoms with Gasteiger partial charge >= 0.3 is 6.09 Å². The molecule has 2 aliphatic heterocycles. The Balaban J connectivity index is 1.75. The van der Waals surface area contributed by atoms with Crippen LogP contribution in [0.4, 0.5) is 10.5 Å². The number of anilines is 1. The molecule has 0 spiro atoms. The highest BCUT2D eigenvalue weighted by Gasteiger charge is 2.32. The van der Waals surface area contributed by atoms with Gasteiger partial charge in [-0.1, -0.05) is 0 Å². The zero-order valence-electron chi connectivity index (χ0n) is 15.6. The van der Waals surface area contributed by atoms with E-state index in [2.05, 4.69) is 6.92 Å². The number of nitrogen functional groups attached to an aromatic ring is 1. The fourth-order valence-electron chi connectivity index (χ4n) is 3.57. The molecule has 0 saturated carbocycles. The van der Waals surface area contributed by atoms with Crippen LogP contribution in [-0.4, -0.2) is 42.9 Å². The molecule has 2 aliphatic rings. The summed E-state index contributed by atoms with van der Waals surface area (Å²) in [5, 5.41) is 0. The second-order valence-corrected chi connectivity index (χ2v) is 7.79. The van der Waals surface area contributed by atoms with Crippen molar-refractivity contribution in [1.29, 1.82) is 0 Å². The predicted octanol–water partition coefficient (Wildman–Crippen LogP) is 3.46. The first-order valence-corrected chi connectivity index (χ1v) is 8.93. The van der Waals surface area contributed by atoms with Crippen LogP contribution in [0.25, 0.3) is 0 Å². The summed E-state index contributed by atoms with van der Waals surface area (Å²) in [5.74, 6) is 1.79. The molecule has 0 bridgehead atoms. The van der Waals surface area contributed by atoms with E-state index < -0.39 is 5.60 Å². The molecule has 2 N–H and O–H groups in total. The van der Waals surface area contributed by atoms with Gasteiger partial charge in [0.15, 0.2) is 11.5 Å². The van der Waals surface area contributed by atoms with Crippen LogP contribution in [0.1, 0.15) is 50.7 Å². The Hall–Kier alpha value is -2.11. The summed E-state index contributed by atoms with van der Waals surface area (Å²) in [5.41, 5.74) is 8.54. The van der Waals surface area contributed by atoms with Crippen LogP contribution in [-0.2, 0) is 4.74 Å². The summed E-state index contributed by atoms with van der Waals surface area (Å²) < 4.78 is 17.1. The zero-order chi connectivity index (χ0) is 18.2. The first-order valence-electron chi connectivity index (χ1n) is 8.93. The Morgan fingerprint density at radius 1 is 1.20 bits per heavy atom. The lowest BCUT2D eigenvalue weighted by atomic mass is 9.85. The van der Waals surface area contributed by atoms with Gasteiger partial charge in [-0.25, -0.2) is 4.79 Å². The minimum Gasteiger partial charge on any atom is -0.486 e. The number of likely N-dealkylation sites (tertiary alicyclic amines) is 1. The fourth-order valence-corrected chi connectivity index (χ4v) is 3.57. The van der Waals surface area contributed by atoms with Crippen molar-refractivity contribution in [3.63, 3.8) is 0 Å². The third-order valence-electron chi connectivity index (χ3n) is 4.64. The van der Waals surface area contributed by atoms with Crippen molar-refractivity contribution < 1.29 is 19.0 Å². The predicted molar refractivity (Wildman–Crippen MR) is 96.4 cm³/mol. The van der Waals surface area contributed by atoms with Gasteiger partial charge in [0.25, 0.3) is 0 Å². The van der Waals surface area contributed by atoms with Crippen molar-refractivity contribution in [2.24, 2.45) is 0 Å². The molecule has 1 aromatic carbocycles. The Kier molecular flexibility index (Phi) is 4.71. The van der Waals surface area contributed by atoms with Crippen molar-refractivity contribution in [2.75, 3.05) is 32.0 Å². The van der Waals surface area contributed by atoms with Crippen molar-refractivity contribution in [3.8, 4) is 11.5 Å². The molecule has 25 heavy (non-hydrogen) atoms. The van der Waals surface area contributed by atoms with E-state index >= 15 is 0 Å². The summed E-state index contributed by atoms with van der Waals surface area (Å²) in [6.45, 7) is 10.1. The molecule has 0 unspecified atom stereocenters. The molecule has 1 saturated heterocycles. The lowest BCUT2D eigenvalue weighted by Crippen LogP contribution is -2.41. The number of carbonyl (C=O) groups is 1.